The average Bonchev–Trinajstić information content (AvgIpc) is 3.67. The molecular weight excluding hydrogens is 498 g/mol. The summed E-state index contributed by atoms with van der Waals surface area (Å²) in [7, 11) is 2.73. The first-order valence-corrected chi connectivity index (χ1v) is 11.8. The largest absolute Gasteiger partial charge is 0.497 e. The number of carbonyl (C=O) groups is 2. The van der Waals surface area contributed by atoms with Crippen molar-refractivity contribution in [2.24, 2.45) is 5.73 Å². The van der Waals surface area contributed by atoms with Gasteiger partial charge in [-0.2, -0.15) is 0 Å². The zero-order chi connectivity index (χ0) is 26.1. The van der Waals surface area contributed by atoms with Crippen molar-refractivity contribution in [2.75, 3.05) is 19.5 Å². The second-order valence-corrected chi connectivity index (χ2v) is 8.94. The summed E-state index contributed by atoms with van der Waals surface area (Å²) in [4.78, 5) is 40.2. The number of ether oxygens (including phenoxy) is 2. The lowest BCUT2D eigenvalue weighted by molar-refractivity contribution is -0.136. The van der Waals surface area contributed by atoms with E-state index < -0.39 is 23.4 Å². The van der Waals surface area contributed by atoms with E-state index in [2.05, 4.69) is 5.32 Å². The fraction of sp³-hybridized carbons (Fsp3) is 0.115. The van der Waals surface area contributed by atoms with Crippen LogP contribution in [0.4, 0.5) is 5.69 Å². The van der Waals surface area contributed by atoms with Crippen molar-refractivity contribution in [3.8, 4) is 5.75 Å². The van der Waals surface area contributed by atoms with Crippen molar-refractivity contribution in [3.05, 3.63) is 97.7 Å². The summed E-state index contributed by atoms with van der Waals surface area (Å²) >= 11 is 1.05. The van der Waals surface area contributed by atoms with Crippen molar-refractivity contribution < 1.29 is 27.9 Å². The van der Waals surface area contributed by atoms with Gasteiger partial charge in [-0.1, -0.05) is 0 Å². The van der Waals surface area contributed by atoms with Gasteiger partial charge in [0.05, 0.1) is 48.3 Å². The zero-order valence-electron chi connectivity index (χ0n) is 19.7. The molecule has 4 heterocycles. The molecule has 0 bridgehead atoms. The molecule has 1 unspecified atom stereocenters. The van der Waals surface area contributed by atoms with Crippen LogP contribution in [-0.4, -0.2) is 30.7 Å². The molecule has 4 aromatic rings. The Kier molecular flexibility index (Phi) is 6.28. The number of nitrogens with two attached hydrogens (primary N) is 1. The molecular formula is C26H21N3O7S. The maximum Gasteiger partial charge on any atom is 0.338 e. The number of methoxy groups -OCH3 is 2. The van der Waals surface area contributed by atoms with Gasteiger partial charge in [0.1, 0.15) is 27.8 Å². The normalized spacial score (nSPS) is 15.5. The number of carbonyl (C=O) groups excluding carboxylic acids is 2. The van der Waals surface area contributed by atoms with Crippen molar-refractivity contribution >= 4 is 46.4 Å². The van der Waals surface area contributed by atoms with Crippen LogP contribution in [0.15, 0.2) is 80.3 Å². The van der Waals surface area contributed by atoms with Crippen LogP contribution >= 0.6 is 11.3 Å². The number of benzene rings is 1. The lowest BCUT2D eigenvalue weighted by Gasteiger charge is -2.25. The molecule has 0 fully saturated rings. The van der Waals surface area contributed by atoms with Crippen LogP contribution in [0.25, 0.3) is 17.5 Å². The van der Waals surface area contributed by atoms with Crippen LogP contribution in [0.3, 0.4) is 0 Å². The topological polar surface area (TPSA) is 139 Å². The number of aromatic nitrogens is 1. The van der Waals surface area contributed by atoms with E-state index in [0.717, 1.165) is 15.9 Å². The van der Waals surface area contributed by atoms with Crippen LogP contribution in [0.5, 0.6) is 5.75 Å². The summed E-state index contributed by atoms with van der Waals surface area (Å²) in [5.41, 5.74) is 6.39. The molecule has 0 aliphatic carbocycles. The van der Waals surface area contributed by atoms with Gasteiger partial charge < -0.3 is 29.4 Å². The predicted octanol–water partition coefficient (Wildman–Crippen LogP) is 1.82. The average molecular weight is 520 g/mol. The van der Waals surface area contributed by atoms with Gasteiger partial charge in [0.25, 0.3) is 11.5 Å². The van der Waals surface area contributed by atoms with Gasteiger partial charge >= 0.3 is 5.97 Å². The third-order valence-corrected chi connectivity index (χ3v) is 6.90. The molecule has 1 amide bonds. The first kappa shape index (κ1) is 23.9. The highest BCUT2D eigenvalue weighted by Crippen LogP contribution is 2.37. The van der Waals surface area contributed by atoms with E-state index in [0.29, 0.717) is 17.2 Å². The molecule has 37 heavy (non-hydrogen) atoms. The summed E-state index contributed by atoms with van der Waals surface area (Å²) in [6.45, 7) is 0. The number of furan rings is 2. The number of anilines is 1. The predicted molar refractivity (Wildman–Crippen MR) is 136 cm³/mol. The van der Waals surface area contributed by atoms with Gasteiger partial charge in [-0.3, -0.25) is 14.2 Å². The quantitative estimate of drug-likeness (QED) is 0.368. The maximum atomic E-state index is 13.8. The van der Waals surface area contributed by atoms with Crippen LogP contribution in [0.1, 0.15) is 17.4 Å². The van der Waals surface area contributed by atoms with Gasteiger partial charge in [0.15, 0.2) is 0 Å². The van der Waals surface area contributed by atoms with Crippen molar-refractivity contribution in [1.29, 1.82) is 0 Å². The van der Waals surface area contributed by atoms with Gasteiger partial charge in [-0.25, -0.2) is 4.79 Å². The number of thiazole rings is 1. The van der Waals surface area contributed by atoms with E-state index in [1.807, 2.05) is 0 Å². The molecule has 0 saturated heterocycles. The molecule has 3 aromatic heterocycles. The van der Waals surface area contributed by atoms with E-state index in [4.69, 9.17) is 24.0 Å². The van der Waals surface area contributed by atoms with Crippen LogP contribution in [0.2, 0.25) is 0 Å². The first-order chi connectivity index (χ1) is 17.9. The van der Waals surface area contributed by atoms with Gasteiger partial charge in [0.2, 0.25) is 0 Å². The highest BCUT2D eigenvalue weighted by molar-refractivity contribution is 7.07. The Morgan fingerprint density at radius 1 is 1.05 bits per heavy atom. The Morgan fingerprint density at radius 2 is 1.78 bits per heavy atom. The molecule has 0 spiro atoms. The van der Waals surface area contributed by atoms with E-state index >= 15 is 0 Å². The van der Waals surface area contributed by atoms with Gasteiger partial charge in [-0.15, -0.1) is 11.3 Å². The minimum Gasteiger partial charge on any atom is -0.497 e. The molecule has 1 aromatic carbocycles. The van der Waals surface area contributed by atoms with E-state index in [1.54, 1.807) is 54.6 Å². The van der Waals surface area contributed by atoms with Crippen LogP contribution in [0, 0.1) is 0 Å². The molecule has 5 rings (SSSR count). The molecule has 0 saturated carbocycles. The number of amides is 1. The molecule has 1 aliphatic heterocycles. The van der Waals surface area contributed by atoms with Crippen molar-refractivity contribution in [3.63, 3.8) is 0 Å². The SMILES string of the molecule is COC(=O)C1=C(N)n2c(s/c(=C/c3ccco3)c2=O)=C(C(=O)Nc2ccc(OC)cc2)C1c1ccco1. The number of esters is 1. The molecule has 1 atom stereocenters. The van der Waals surface area contributed by atoms with Crippen molar-refractivity contribution in [1.82, 2.24) is 4.57 Å². The summed E-state index contributed by atoms with van der Waals surface area (Å²) in [6, 6.07) is 13.4. The minimum absolute atomic E-state index is 0.0886. The van der Waals surface area contributed by atoms with Crippen LogP contribution < -0.4 is 30.5 Å². The minimum atomic E-state index is -1.03. The Hall–Kier alpha value is -4.77. The van der Waals surface area contributed by atoms with Gasteiger partial charge in [0, 0.05) is 11.8 Å². The molecule has 3 N–H and O–H groups in total. The lowest BCUT2D eigenvalue weighted by atomic mass is 9.86. The Morgan fingerprint density at radius 3 is 2.41 bits per heavy atom. The summed E-state index contributed by atoms with van der Waals surface area (Å²) in [6.07, 6.45) is 4.45. The monoisotopic (exact) mass is 519 g/mol. The summed E-state index contributed by atoms with van der Waals surface area (Å²) < 4.78 is 22.8. The third kappa shape index (κ3) is 4.25. The highest BCUT2D eigenvalue weighted by atomic mass is 32.1. The van der Waals surface area contributed by atoms with Gasteiger partial charge in [-0.05, 0) is 48.5 Å². The number of hydrogen-bond acceptors (Lipinski definition) is 9. The zero-order valence-corrected chi connectivity index (χ0v) is 20.5. The fourth-order valence-corrected chi connectivity index (χ4v) is 5.25. The standard InChI is InChI=1S/C26H21N3O7S/c1-33-15-9-7-14(8-10-15)28-23(30)21-19(17-6-4-12-36-17)20(26(32)34-2)22(27)29-24(31)18(37-25(21)29)13-16-5-3-11-35-16/h3-13,19H,27H2,1-2H3,(H,28,30)/b18-13+. The number of rotatable bonds is 6. The van der Waals surface area contributed by atoms with E-state index in [1.165, 1.54) is 26.7 Å². The molecule has 0 radical (unpaired) electrons. The van der Waals surface area contributed by atoms with Crippen LogP contribution in [-0.2, 0) is 14.3 Å². The highest BCUT2D eigenvalue weighted by Gasteiger charge is 2.40. The smallest absolute Gasteiger partial charge is 0.338 e. The van der Waals surface area contributed by atoms with Crippen molar-refractivity contribution in [2.45, 2.75) is 5.92 Å². The van der Waals surface area contributed by atoms with E-state index in [-0.39, 0.29) is 31.9 Å². The number of nitrogens with one attached hydrogen (secondary N) is 1. The summed E-state index contributed by atoms with van der Waals surface area (Å²) in [5, 5.41) is 2.84. The number of hydrogen-bond donors (Lipinski definition) is 2. The molecule has 11 heteroatoms. The second-order valence-electron chi connectivity index (χ2n) is 7.91. The maximum absolute atomic E-state index is 13.8. The summed E-state index contributed by atoms with van der Waals surface area (Å²) in [5.74, 6) is -1.19. The fourth-order valence-electron chi connectivity index (χ4n) is 4.09. The molecule has 188 valence electrons. The number of nitrogens with zero attached hydrogens (tertiary/aromatic N) is 1. The molecule has 10 nitrogen and oxygen atoms in total. The Balaban J connectivity index is 1.78. The van der Waals surface area contributed by atoms with E-state index in [9.17, 15) is 14.4 Å². The number of fused-ring (bicyclic) bond motifs is 1. The third-order valence-electron chi connectivity index (χ3n) is 5.79. The Labute approximate surface area is 213 Å². The Bertz CT molecular complexity index is 1680. The first-order valence-electron chi connectivity index (χ1n) is 11.0. The second kappa shape index (κ2) is 9.70. The molecule has 1 aliphatic rings. The lowest BCUT2D eigenvalue weighted by Crippen LogP contribution is -2.42.